The molecule has 0 N–H and O–H groups in total. The Hall–Kier alpha value is -1.04. The van der Waals surface area contributed by atoms with Gasteiger partial charge in [0.2, 0.25) is 0 Å². The third-order valence-electron chi connectivity index (χ3n) is 4.27. The van der Waals surface area contributed by atoms with Crippen molar-refractivity contribution in [2.75, 3.05) is 0 Å². The van der Waals surface area contributed by atoms with Gasteiger partial charge in [0.25, 0.3) is 0 Å². The van der Waals surface area contributed by atoms with E-state index in [0.717, 1.165) is 0 Å². The topological polar surface area (TPSA) is 0 Å². The Morgan fingerprint density at radius 1 is 0.933 bits per heavy atom. The van der Waals surface area contributed by atoms with Crippen molar-refractivity contribution in [1.82, 2.24) is 0 Å². The summed E-state index contributed by atoms with van der Waals surface area (Å²) in [7, 11) is 0. The van der Waals surface area contributed by atoms with Gasteiger partial charge in [0.1, 0.15) is 0 Å². The number of allylic oxidation sites excluding steroid dienone is 2. The minimum atomic E-state index is 0.609. The first kappa shape index (κ1) is 10.5. The van der Waals surface area contributed by atoms with Crippen molar-refractivity contribution in [3.05, 3.63) is 39.5 Å². The number of hydrogen-bond acceptors (Lipinski definition) is 0. The quantitative estimate of drug-likeness (QED) is 0.577. The van der Waals surface area contributed by atoms with Crippen LogP contribution in [-0.2, 0) is 0 Å². The second kappa shape index (κ2) is 3.23. The lowest BCUT2D eigenvalue weighted by Gasteiger charge is -2.14. The molecule has 1 unspecified atom stereocenters. The van der Waals surface area contributed by atoms with Gasteiger partial charge < -0.3 is 0 Å². The van der Waals surface area contributed by atoms with Crippen LogP contribution in [0.25, 0.3) is 5.57 Å². The first-order valence-electron chi connectivity index (χ1n) is 5.73. The van der Waals surface area contributed by atoms with Gasteiger partial charge in [-0.2, -0.15) is 0 Å². The van der Waals surface area contributed by atoms with Crippen molar-refractivity contribution in [2.45, 2.75) is 47.5 Å². The van der Waals surface area contributed by atoms with E-state index in [2.05, 4.69) is 47.6 Å². The van der Waals surface area contributed by atoms with Crippen LogP contribution in [0, 0.1) is 20.8 Å². The minimum absolute atomic E-state index is 0.609. The first-order valence-corrected chi connectivity index (χ1v) is 5.73. The minimum Gasteiger partial charge on any atom is -0.0625 e. The van der Waals surface area contributed by atoms with E-state index in [9.17, 15) is 0 Å². The van der Waals surface area contributed by atoms with Crippen LogP contribution < -0.4 is 0 Å². The van der Waals surface area contributed by atoms with E-state index in [1.807, 2.05) is 0 Å². The second-order valence-corrected chi connectivity index (χ2v) is 4.94. The number of rotatable bonds is 0. The molecule has 0 heteroatoms. The summed E-state index contributed by atoms with van der Waals surface area (Å²) < 4.78 is 0. The van der Waals surface area contributed by atoms with Crippen molar-refractivity contribution >= 4 is 5.57 Å². The van der Waals surface area contributed by atoms with E-state index in [1.165, 1.54) is 39.0 Å². The lowest BCUT2D eigenvalue weighted by Crippen LogP contribution is -1.97. The van der Waals surface area contributed by atoms with E-state index >= 15 is 0 Å². The van der Waals surface area contributed by atoms with Crippen molar-refractivity contribution in [2.24, 2.45) is 0 Å². The molecule has 1 aromatic carbocycles. The fourth-order valence-electron chi connectivity index (χ4n) is 2.71. The molecule has 80 valence electrons. The van der Waals surface area contributed by atoms with E-state index in [4.69, 9.17) is 0 Å². The normalized spacial score (nSPS) is 19.7. The van der Waals surface area contributed by atoms with Crippen molar-refractivity contribution in [3.63, 3.8) is 0 Å². The summed E-state index contributed by atoms with van der Waals surface area (Å²) in [5, 5.41) is 0. The van der Waals surface area contributed by atoms with Crippen molar-refractivity contribution < 1.29 is 0 Å². The van der Waals surface area contributed by atoms with E-state index in [1.54, 1.807) is 0 Å². The maximum Gasteiger partial charge on any atom is 0.00292 e. The Balaban J connectivity index is 2.79. The van der Waals surface area contributed by atoms with Gasteiger partial charge in [-0.3, -0.25) is 0 Å². The summed E-state index contributed by atoms with van der Waals surface area (Å²) in [6.45, 7) is 13.6. The number of fused-ring (bicyclic) bond motifs is 1. The zero-order valence-electron chi connectivity index (χ0n) is 10.7. The van der Waals surface area contributed by atoms with Crippen LogP contribution in [0.1, 0.15) is 54.5 Å². The molecule has 0 spiro atoms. The fraction of sp³-hybridized carbons (Fsp3) is 0.467. The molecule has 0 nitrogen and oxygen atoms in total. The Morgan fingerprint density at radius 3 is 2.13 bits per heavy atom. The summed E-state index contributed by atoms with van der Waals surface area (Å²) in [6, 6.07) is 2.38. The summed E-state index contributed by atoms with van der Waals surface area (Å²) in [5.74, 6) is 0.609. The maximum atomic E-state index is 2.38. The van der Waals surface area contributed by atoms with Crippen LogP contribution in [0.15, 0.2) is 11.6 Å². The van der Waals surface area contributed by atoms with Crippen LogP contribution in [0.2, 0.25) is 0 Å². The van der Waals surface area contributed by atoms with Gasteiger partial charge in [-0.25, -0.2) is 0 Å². The molecular formula is C15H20. The van der Waals surface area contributed by atoms with Gasteiger partial charge in [0, 0.05) is 5.92 Å². The second-order valence-electron chi connectivity index (χ2n) is 4.94. The predicted octanol–water partition coefficient (Wildman–Crippen LogP) is 4.52. The molecule has 1 atom stereocenters. The molecule has 0 saturated carbocycles. The highest BCUT2D eigenvalue weighted by atomic mass is 14.3. The third kappa shape index (κ3) is 1.27. The number of aryl methyl sites for hydroxylation is 1. The van der Waals surface area contributed by atoms with E-state index in [0.29, 0.717) is 5.92 Å². The average Bonchev–Trinajstić information content (AvgIpc) is 2.40. The largest absolute Gasteiger partial charge is 0.0625 e. The molecule has 2 rings (SSSR count). The zero-order chi connectivity index (χ0) is 11.3. The predicted molar refractivity (Wildman–Crippen MR) is 67.3 cm³/mol. The number of benzene rings is 1. The van der Waals surface area contributed by atoms with Gasteiger partial charge in [-0.1, -0.05) is 18.6 Å². The Morgan fingerprint density at radius 2 is 1.53 bits per heavy atom. The van der Waals surface area contributed by atoms with Crippen LogP contribution in [0.3, 0.4) is 0 Å². The molecule has 0 aromatic heterocycles. The van der Waals surface area contributed by atoms with Crippen molar-refractivity contribution in [1.29, 1.82) is 0 Å². The lowest BCUT2D eigenvalue weighted by atomic mass is 9.91. The highest BCUT2D eigenvalue weighted by Gasteiger charge is 2.25. The molecule has 0 aliphatic heterocycles. The molecule has 1 aliphatic carbocycles. The Kier molecular flexibility index (Phi) is 2.26. The summed E-state index contributed by atoms with van der Waals surface area (Å²) >= 11 is 0. The molecule has 0 saturated heterocycles. The molecule has 0 radical (unpaired) electrons. The van der Waals surface area contributed by atoms with E-state index in [-0.39, 0.29) is 0 Å². The first-order chi connectivity index (χ1) is 6.95. The van der Waals surface area contributed by atoms with Crippen LogP contribution in [0.5, 0.6) is 0 Å². The van der Waals surface area contributed by atoms with E-state index < -0.39 is 0 Å². The van der Waals surface area contributed by atoms with Gasteiger partial charge >= 0.3 is 0 Å². The molecule has 15 heavy (non-hydrogen) atoms. The van der Waals surface area contributed by atoms with Crippen LogP contribution in [0.4, 0.5) is 0 Å². The average molecular weight is 200 g/mol. The highest BCUT2D eigenvalue weighted by Crippen LogP contribution is 2.44. The van der Waals surface area contributed by atoms with Gasteiger partial charge in [-0.05, 0) is 68.0 Å². The molecule has 1 aliphatic rings. The van der Waals surface area contributed by atoms with Gasteiger partial charge in [-0.15, -0.1) is 0 Å². The van der Waals surface area contributed by atoms with Crippen molar-refractivity contribution in [3.8, 4) is 0 Å². The van der Waals surface area contributed by atoms with Crippen LogP contribution in [-0.4, -0.2) is 0 Å². The summed E-state index contributed by atoms with van der Waals surface area (Å²) in [6.07, 6.45) is 0. The number of hydrogen-bond donors (Lipinski definition) is 0. The zero-order valence-corrected chi connectivity index (χ0v) is 10.7. The molecular weight excluding hydrogens is 180 g/mol. The fourth-order valence-corrected chi connectivity index (χ4v) is 2.71. The Bertz CT molecular complexity index is 461. The van der Waals surface area contributed by atoms with Gasteiger partial charge in [0.05, 0.1) is 0 Å². The monoisotopic (exact) mass is 200 g/mol. The highest BCUT2D eigenvalue weighted by molar-refractivity contribution is 5.79. The van der Waals surface area contributed by atoms with Gasteiger partial charge in [0.15, 0.2) is 0 Å². The molecule has 1 aromatic rings. The molecule has 0 bridgehead atoms. The SMILES string of the molecule is CC1=C(C)C(C)c2cc(C)c(C)c(C)c21. The smallest absolute Gasteiger partial charge is 0.00292 e. The molecule has 0 heterocycles. The molecule has 0 amide bonds. The lowest BCUT2D eigenvalue weighted by molar-refractivity contribution is 0.915. The standard InChI is InChI=1S/C15H20/c1-8-7-14-11(4)10(3)13(6)15(14)12(5)9(8)2/h7,11H,1-6H3. The maximum absolute atomic E-state index is 2.38. The summed E-state index contributed by atoms with van der Waals surface area (Å²) in [5.41, 5.74) is 10.5. The molecule has 0 fully saturated rings. The Labute approximate surface area is 93.0 Å². The van der Waals surface area contributed by atoms with Crippen LogP contribution >= 0.6 is 0 Å². The summed E-state index contributed by atoms with van der Waals surface area (Å²) in [4.78, 5) is 0. The third-order valence-corrected chi connectivity index (χ3v) is 4.27.